The highest BCUT2D eigenvalue weighted by Crippen LogP contribution is 2.19. The van der Waals surface area contributed by atoms with Gasteiger partial charge in [0.1, 0.15) is 11.0 Å². The summed E-state index contributed by atoms with van der Waals surface area (Å²) in [5.74, 6) is 0.945. The lowest BCUT2D eigenvalue weighted by Gasteiger charge is -2.33. The fraction of sp³-hybridized carbons (Fsp3) is 0.545. The van der Waals surface area contributed by atoms with Crippen LogP contribution in [0.5, 0.6) is 0 Å². The molecule has 1 saturated heterocycles. The van der Waals surface area contributed by atoms with Crippen LogP contribution in [-0.4, -0.2) is 43.1 Å². The zero-order valence-electron chi connectivity index (χ0n) is 9.49. The third kappa shape index (κ3) is 2.64. The van der Waals surface area contributed by atoms with Crippen LogP contribution in [0.2, 0.25) is 5.15 Å². The summed E-state index contributed by atoms with van der Waals surface area (Å²) in [4.78, 5) is 8.91. The van der Waals surface area contributed by atoms with Gasteiger partial charge in [-0.3, -0.25) is 0 Å². The molecule has 1 aromatic heterocycles. The maximum Gasteiger partial charge on any atom is 0.131 e. The van der Waals surface area contributed by atoms with Gasteiger partial charge in [0.15, 0.2) is 0 Å². The average Bonchev–Trinajstić information content (AvgIpc) is 2.29. The van der Waals surface area contributed by atoms with Crippen LogP contribution in [0.1, 0.15) is 5.56 Å². The standard InChI is InChI=1S/C11H17ClN4/c1-15-2-4-16(5-3-15)11-7-9(8-13)6-10(12)14-11/h6-7H,2-5,8,13H2,1H3. The van der Waals surface area contributed by atoms with E-state index in [0.29, 0.717) is 11.7 Å². The topological polar surface area (TPSA) is 45.4 Å². The number of piperazine rings is 1. The first-order chi connectivity index (χ1) is 7.69. The molecule has 5 heteroatoms. The Kier molecular flexibility index (Phi) is 3.63. The third-order valence-corrected chi connectivity index (χ3v) is 3.10. The second-order valence-corrected chi connectivity index (χ2v) is 4.54. The predicted octanol–water partition coefficient (Wildman–Crippen LogP) is 0.945. The predicted molar refractivity (Wildman–Crippen MR) is 66.8 cm³/mol. The zero-order valence-corrected chi connectivity index (χ0v) is 10.2. The number of nitrogens with zero attached hydrogens (tertiary/aromatic N) is 3. The van der Waals surface area contributed by atoms with E-state index in [0.717, 1.165) is 37.6 Å². The Morgan fingerprint density at radius 1 is 1.31 bits per heavy atom. The highest BCUT2D eigenvalue weighted by molar-refractivity contribution is 6.29. The lowest BCUT2D eigenvalue weighted by Crippen LogP contribution is -2.44. The van der Waals surface area contributed by atoms with Crippen molar-refractivity contribution in [1.29, 1.82) is 0 Å². The SMILES string of the molecule is CN1CCN(c2cc(CN)cc(Cl)n2)CC1. The quantitative estimate of drug-likeness (QED) is 0.782. The zero-order chi connectivity index (χ0) is 11.5. The molecule has 0 unspecified atom stereocenters. The molecule has 0 spiro atoms. The highest BCUT2D eigenvalue weighted by Gasteiger charge is 2.15. The van der Waals surface area contributed by atoms with Crippen molar-refractivity contribution in [1.82, 2.24) is 9.88 Å². The summed E-state index contributed by atoms with van der Waals surface area (Å²) in [6, 6.07) is 3.85. The molecule has 2 N–H and O–H groups in total. The van der Waals surface area contributed by atoms with E-state index in [-0.39, 0.29) is 0 Å². The molecule has 0 aromatic carbocycles. The van der Waals surface area contributed by atoms with Crippen molar-refractivity contribution in [3.8, 4) is 0 Å². The summed E-state index contributed by atoms with van der Waals surface area (Å²) in [7, 11) is 2.13. The van der Waals surface area contributed by atoms with Gasteiger partial charge in [-0.05, 0) is 24.7 Å². The van der Waals surface area contributed by atoms with E-state index < -0.39 is 0 Å². The van der Waals surface area contributed by atoms with Crippen molar-refractivity contribution in [2.45, 2.75) is 6.54 Å². The first kappa shape index (κ1) is 11.6. The average molecular weight is 241 g/mol. The van der Waals surface area contributed by atoms with E-state index in [4.69, 9.17) is 17.3 Å². The molecule has 0 bridgehead atoms. The summed E-state index contributed by atoms with van der Waals surface area (Å²) in [5.41, 5.74) is 6.66. The molecular formula is C11H17ClN4. The Morgan fingerprint density at radius 2 is 2.00 bits per heavy atom. The molecule has 2 rings (SSSR count). The second-order valence-electron chi connectivity index (χ2n) is 4.15. The van der Waals surface area contributed by atoms with Crippen LogP contribution in [0.3, 0.4) is 0 Å². The molecule has 0 saturated carbocycles. The third-order valence-electron chi connectivity index (χ3n) is 2.90. The summed E-state index contributed by atoms with van der Waals surface area (Å²) >= 11 is 5.97. The minimum atomic E-state index is 0.503. The summed E-state index contributed by atoms with van der Waals surface area (Å²) in [6.45, 7) is 4.61. The number of likely N-dealkylation sites (N-methyl/N-ethyl adjacent to an activating group) is 1. The normalized spacial score (nSPS) is 17.8. The van der Waals surface area contributed by atoms with Crippen LogP contribution in [0.4, 0.5) is 5.82 Å². The van der Waals surface area contributed by atoms with Gasteiger partial charge in [0.25, 0.3) is 0 Å². The number of aromatic nitrogens is 1. The summed E-state index contributed by atoms with van der Waals surface area (Å²) in [6.07, 6.45) is 0. The van der Waals surface area contributed by atoms with Crippen molar-refractivity contribution < 1.29 is 0 Å². The largest absolute Gasteiger partial charge is 0.354 e. The van der Waals surface area contributed by atoms with E-state index in [1.807, 2.05) is 12.1 Å². The number of nitrogens with two attached hydrogens (primary N) is 1. The van der Waals surface area contributed by atoms with Gasteiger partial charge in [-0.25, -0.2) is 4.98 Å². The van der Waals surface area contributed by atoms with Gasteiger partial charge in [-0.2, -0.15) is 0 Å². The fourth-order valence-electron chi connectivity index (χ4n) is 1.85. The molecule has 0 radical (unpaired) electrons. The summed E-state index contributed by atoms with van der Waals surface area (Å²) < 4.78 is 0. The van der Waals surface area contributed by atoms with Gasteiger partial charge in [0, 0.05) is 32.7 Å². The van der Waals surface area contributed by atoms with E-state index in [1.54, 1.807) is 0 Å². The molecule has 1 fully saturated rings. The molecular weight excluding hydrogens is 224 g/mol. The van der Waals surface area contributed by atoms with Crippen LogP contribution in [0.25, 0.3) is 0 Å². The van der Waals surface area contributed by atoms with Gasteiger partial charge in [-0.15, -0.1) is 0 Å². The first-order valence-corrected chi connectivity index (χ1v) is 5.87. The number of rotatable bonds is 2. The maximum absolute atomic E-state index is 5.97. The van der Waals surface area contributed by atoms with Gasteiger partial charge in [0.05, 0.1) is 0 Å². The highest BCUT2D eigenvalue weighted by atomic mass is 35.5. The molecule has 2 heterocycles. The number of pyridine rings is 1. The van der Waals surface area contributed by atoms with E-state index in [1.165, 1.54) is 0 Å². The number of anilines is 1. The Morgan fingerprint density at radius 3 is 2.62 bits per heavy atom. The van der Waals surface area contributed by atoms with E-state index in [9.17, 15) is 0 Å². The van der Waals surface area contributed by atoms with E-state index >= 15 is 0 Å². The van der Waals surface area contributed by atoms with Gasteiger partial charge < -0.3 is 15.5 Å². The number of hydrogen-bond donors (Lipinski definition) is 1. The molecule has 0 atom stereocenters. The Bertz CT molecular complexity index is 361. The smallest absolute Gasteiger partial charge is 0.131 e. The fourth-order valence-corrected chi connectivity index (χ4v) is 2.08. The van der Waals surface area contributed by atoms with Crippen molar-refractivity contribution in [2.75, 3.05) is 38.1 Å². The molecule has 1 aromatic rings. The van der Waals surface area contributed by atoms with Crippen molar-refractivity contribution in [3.05, 3.63) is 22.8 Å². The van der Waals surface area contributed by atoms with Gasteiger partial charge >= 0.3 is 0 Å². The maximum atomic E-state index is 5.97. The van der Waals surface area contributed by atoms with Gasteiger partial charge in [0.2, 0.25) is 0 Å². The van der Waals surface area contributed by atoms with Crippen LogP contribution < -0.4 is 10.6 Å². The van der Waals surface area contributed by atoms with Crippen LogP contribution >= 0.6 is 11.6 Å². The molecule has 16 heavy (non-hydrogen) atoms. The minimum Gasteiger partial charge on any atom is -0.354 e. The number of hydrogen-bond acceptors (Lipinski definition) is 4. The Hall–Kier alpha value is -0.840. The van der Waals surface area contributed by atoms with Crippen LogP contribution in [0, 0.1) is 0 Å². The lowest BCUT2D eigenvalue weighted by molar-refractivity contribution is 0.312. The molecule has 0 aliphatic carbocycles. The van der Waals surface area contributed by atoms with Crippen molar-refractivity contribution in [2.24, 2.45) is 5.73 Å². The molecule has 1 aliphatic heterocycles. The monoisotopic (exact) mass is 240 g/mol. The number of halogens is 1. The molecule has 4 nitrogen and oxygen atoms in total. The first-order valence-electron chi connectivity index (χ1n) is 5.49. The second kappa shape index (κ2) is 4.99. The Labute approximate surface area is 101 Å². The van der Waals surface area contributed by atoms with Crippen molar-refractivity contribution >= 4 is 17.4 Å². The minimum absolute atomic E-state index is 0.503. The molecule has 0 amide bonds. The summed E-state index contributed by atoms with van der Waals surface area (Å²) in [5, 5.41) is 0.525. The molecule has 88 valence electrons. The lowest BCUT2D eigenvalue weighted by atomic mass is 10.2. The van der Waals surface area contributed by atoms with E-state index in [2.05, 4.69) is 21.8 Å². The Balaban J connectivity index is 2.16. The van der Waals surface area contributed by atoms with Crippen molar-refractivity contribution in [3.63, 3.8) is 0 Å². The van der Waals surface area contributed by atoms with Gasteiger partial charge in [-0.1, -0.05) is 11.6 Å². The molecule has 1 aliphatic rings. The van der Waals surface area contributed by atoms with Crippen LogP contribution in [-0.2, 0) is 6.54 Å². The van der Waals surface area contributed by atoms with Crippen LogP contribution in [0.15, 0.2) is 12.1 Å².